The molecule has 1 aromatic heterocycles. The third-order valence-electron chi connectivity index (χ3n) is 12.0. The van der Waals surface area contributed by atoms with Crippen LogP contribution in [0.3, 0.4) is 0 Å². The van der Waals surface area contributed by atoms with Gasteiger partial charge in [-0.15, -0.1) is 0 Å². The largest absolute Gasteiger partial charge is 0.456 e. The van der Waals surface area contributed by atoms with E-state index in [4.69, 9.17) is 23.7 Å². The van der Waals surface area contributed by atoms with Gasteiger partial charge in [0.15, 0.2) is 6.10 Å². The molecule has 4 bridgehead atoms. The monoisotopic (exact) mass is 740 g/mol. The number of benzene rings is 2. The van der Waals surface area contributed by atoms with Crippen molar-refractivity contribution in [2.24, 2.45) is 29.6 Å². The van der Waals surface area contributed by atoms with Gasteiger partial charge >= 0.3 is 23.8 Å². The molecule has 3 aromatic rings. The summed E-state index contributed by atoms with van der Waals surface area (Å²) < 4.78 is 30.4. The van der Waals surface area contributed by atoms with Crippen molar-refractivity contribution in [1.29, 1.82) is 0 Å². The van der Waals surface area contributed by atoms with Gasteiger partial charge in [0.05, 0.1) is 6.10 Å². The first-order valence-corrected chi connectivity index (χ1v) is 18.7. The van der Waals surface area contributed by atoms with Crippen LogP contribution in [0.5, 0.6) is 0 Å². The van der Waals surface area contributed by atoms with Crippen LogP contribution in [0.1, 0.15) is 50.2 Å². The van der Waals surface area contributed by atoms with Gasteiger partial charge in [0.1, 0.15) is 35.7 Å². The quantitative estimate of drug-likeness (QED) is 0.130. The van der Waals surface area contributed by atoms with E-state index in [1.165, 1.54) is 7.11 Å². The second-order valence-electron chi connectivity index (χ2n) is 15.1. The molecule has 54 heavy (non-hydrogen) atoms. The molecule has 286 valence electrons. The van der Waals surface area contributed by atoms with Gasteiger partial charge in [-0.1, -0.05) is 74.5 Å². The zero-order valence-corrected chi connectivity index (χ0v) is 31.1. The predicted octanol–water partition coefficient (Wildman–Crippen LogP) is 4.46. The fraction of sp³-hybridized carbons (Fsp3) is 0.476. The number of cyclic esters (lactones) is 1. The Hall–Kier alpha value is -4.78. The minimum atomic E-state index is -1.09. The van der Waals surface area contributed by atoms with Gasteiger partial charge in [-0.2, -0.15) is 0 Å². The van der Waals surface area contributed by atoms with E-state index in [2.05, 4.69) is 10.3 Å². The molecule has 12 heteroatoms. The molecular weight excluding hydrogens is 692 g/mol. The molecule has 2 aromatic carbocycles. The van der Waals surface area contributed by atoms with Crippen molar-refractivity contribution in [3.05, 3.63) is 95.9 Å². The van der Waals surface area contributed by atoms with Crippen LogP contribution in [0, 0.1) is 29.6 Å². The Morgan fingerprint density at radius 1 is 1.07 bits per heavy atom. The second kappa shape index (κ2) is 15.2. The maximum Gasteiger partial charge on any atom is 0.397 e. The summed E-state index contributed by atoms with van der Waals surface area (Å²) in [6.07, 6.45) is 3.05. The average Bonchev–Trinajstić information content (AvgIpc) is 3.77. The summed E-state index contributed by atoms with van der Waals surface area (Å²) in [4.78, 5) is 55.7. The average molecular weight is 741 g/mol. The van der Waals surface area contributed by atoms with Crippen molar-refractivity contribution in [1.82, 2.24) is 10.3 Å². The lowest BCUT2D eigenvalue weighted by molar-refractivity contribution is -0.180. The summed E-state index contributed by atoms with van der Waals surface area (Å²) in [7, 11) is 1.42. The Kier molecular flexibility index (Phi) is 10.5. The number of fused-ring (bicyclic) bond motifs is 1. The number of ether oxygens (including phenoxy) is 5. The minimum Gasteiger partial charge on any atom is -0.456 e. The van der Waals surface area contributed by atoms with Gasteiger partial charge in [-0.05, 0) is 60.7 Å². The molecule has 12 atom stereocenters. The van der Waals surface area contributed by atoms with E-state index in [-0.39, 0.29) is 18.9 Å². The van der Waals surface area contributed by atoms with Crippen molar-refractivity contribution < 1.29 is 48.0 Å². The first-order valence-electron chi connectivity index (χ1n) is 18.7. The lowest BCUT2D eigenvalue weighted by Crippen LogP contribution is -2.57. The summed E-state index contributed by atoms with van der Waals surface area (Å²) in [5.41, 5.74) is 1.07. The van der Waals surface area contributed by atoms with Crippen LogP contribution in [0.15, 0.2) is 84.6 Å². The Labute approximate surface area is 314 Å². The molecule has 1 amide bonds. The van der Waals surface area contributed by atoms with Crippen LogP contribution >= 0.6 is 0 Å². The standard InChI is InChI=1S/C42H48N2O10/c1-22-20-23(2)42-28(15-16-30-33(42)34(45)24(3)36(37(30)54-42)53-39(47)31-14-9-18-43-31)21-32(50-5)40(48)52-35(22)25(4)51-41(49)38(46)44-19-17-27-12-8-11-26-10-6-7-13-29(26)27/h6-16,18,20,22,24-25,28,30,32-37,43,45H,17,19,21H2,1-5H3,(H,44,46)/b23-20+/t22-,24-,25-,28-,30?,32+,33?,34-,35+,36-,37-,42+/m1/s1. The third-order valence-corrected chi connectivity index (χ3v) is 12.0. The molecule has 2 fully saturated rings. The summed E-state index contributed by atoms with van der Waals surface area (Å²) >= 11 is 0. The summed E-state index contributed by atoms with van der Waals surface area (Å²) in [6, 6.07) is 17.3. The van der Waals surface area contributed by atoms with Gasteiger partial charge in [0.25, 0.3) is 0 Å². The smallest absolute Gasteiger partial charge is 0.397 e. The summed E-state index contributed by atoms with van der Waals surface area (Å²) in [6.45, 7) is 7.43. The molecule has 1 saturated carbocycles. The van der Waals surface area contributed by atoms with Crippen molar-refractivity contribution in [3.8, 4) is 0 Å². The number of aromatic amines is 1. The van der Waals surface area contributed by atoms with Gasteiger partial charge < -0.3 is 39.1 Å². The number of hydrogen-bond donors (Lipinski definition) is 3. The van der Waals surface area contributed by atoms with Crippen molar-refractivity contribution in [2.75, 3.05) is 13.7 Å². The number of aliphatic hydroxyl groups excluding tert-OH is 1. The van der Waals surface area contributed by atoms with Crippen LogP contribution < -0.4 is 5.32 Å². The van der Waals surface area contributed by atoms with Gasteiger partial charge in [-0.3, -0.25) is 4.79 Å². The number of amides is 1. The maximum absolute atomic E-state index is 13.7. The highest BCUT2D eigenvalue weighted by Crippen LogP contribution is 2.61. The molecule has 7 rings (SSSR count). The normalized spacial score (nSPS) is 34.5. The summed E-state index contributed by atoms with van der Waals surface area (Å²) in [5.74, 6) is -5.22. The van der Waals surface area contributed by atoms with E-state index in [1.54, 1.807) is 25.3 Å². The number of methoxy groups -OCH3 is 1. The molecule has 2 aliphatic heterocycles. The van der Waals surface area contributed by atoms with E-state index in [1.807, 2.05) is 81.5 Å². The third kappa shape index (κ3) is 6.64. The molecular formula is C42H48N2O10. The Bertz CT molecular complexity index is 1950. The Morgan fingerprint density at radius 2 is 1.85 bits per heavy atom. The fourth-order valence-electron chi connectivity index (χ4n) is 9.31. The number of carbonyl (C=O) groups is 4. The molecule has 1 spiro atoms. The van der Waals surface area contributed by atoms with Gasteiger partial charge in [0, 0.05) is 49.4 Å². The highest BCUT2D eigenvalue weighted by atomic mass is 16.6. The fourth-order valence-corrected chi connectivity index (χ4v) is 9.31. The molecule has 2 aliphatic carbocycles. The van der Waals surface area contributed by atoms with E-state index in [0.29, 0.717) is 12.1 Å². The van der Waals surface area contributed by atoms with E-state index < -0.39 is 89.7 Å². The zero-order chi connectivity index (χ0) is 38.3. The van der Waals surface area contributed by atoms with Crippen molar-refractivity contribution in [2.45, 2.75) is 82.8 Å². The van der Waals surface area contributed by atoms with Crippen LogP contribution in [-0.4, -0.2) is 89.8 Å². The lowest BCUT2D eigenvalue weighted by atomic mass is 9.57. The van der Waals surface area contributed by atoms with Crippen LogP contribution in [-0.2, 0) is 44.5 Å². The number of carbonyl (C=O) groups excluding carboxylic acids is 4. The van der Waals surface area contributed by atoms with E-state index in [9.17, 15) is 24.3 Å². The SMILES string of the molecule is CO[C@H]1C[C@H]2C=CC3C4[C@H](O)[C@@H](C)[C@@H](OC(=O)c5ccc[nH]5)[C@@H]3O[C@]42/C(C)=C/[C@@H](C)[C@@H]([C@@H](C)OC(=O)C(=O)NCCc2cccc3ccccc23)OC1=O. The first kappa shape index (κ1) is 37.5. The molecule has 3 heterocycles. The van der Waals surface area contributed by atoms with Crippen LogP contribution in [0.25, 0.3) is 10.8 Å². The number of aliphatic hydroxyl groups is 1. The number of H-pyrrole nitrogens is 1. The number of esters is 3. The summed E-state index contributed by atoms with van der Waals surface area (Å²) in [5, 5.41) is 16.8. The van der Waals surface area contributed by atoms with Gasteiger partial charge in [0.2, 0.25) is 0 Å². The highest BCUT2D eigenvalue weighted by molar-refractivity contribution is 6.32. The predicted molar refractivity (Wildman–Crippen MR) is 197 cm³/mol. The van der Waals surface area contributed by atoms with Crippen molar-refractivity contribution >= 4 is 34.6 Å². The molecule has 0 radical (unpaired) electrons. The van der Waals surface area contributed by atoms with Gasteiger partial charge in [-0.25, -0.2) is 14.4 Å². The minimum absolute atomic E-state index is 0.176. The molecule has 1 saturated heterocycles. The number of aromatic nitrogens is 1. The molecule has 2 unspecified atom stereocenters. The first-order chi connectivity index (χ1) is 25.9. The molecule has 12 nitrogen and oxygen atoms in total. The van der Waals surface area contributed by atoms with Crippen LogP contribution in [0.4, 0.5) is 0 Å². The Morgan fingerprint density at radius 3 is 2.61 bits per heavy atom. The van der Waals surface area contributed by atoms with E-state index >= 15 is 0 Å². The number of rotatable bonds is 8. The number of hydrogen-bond acceptors (Lipinski definition) is 10. The highest BCUT2D eigenvalue weighted by Gasteiger charge is 2.69. The Balaban J connectivity index is 1.10. The molecule has 3 N–H and O–H groups in total. The maximum atomic E-state index is 13.7. The topological polar surface area (TPSA) is 162 Å². The zero-order valence-electron chi connectivity index (χ0n) is 31.1. The van der Waals surface area contributed by atoms with E-state index in [0.717, 1.165) is 21.9 Å². The van der Waals surface area contributed by atoms with Crippen LogP contribution in [0.2, 0.25) is 0 Å². The second-order valence-corrected chi connectivity index (χ2v) is 15.1. The molecule has 4 aliphatic rings. The van der Waals surface area contributed by atoms with Crippen molar-refractivity contribution in [3.63, 3.8) is 0 Å². The lowest BCUT2D eigenvalue weighted by Gasteiger charge is -2.48. The number of nitrogens with one attached hydrogen (secondary N) is 2.